The number of nitrogens with zero attached hydrogens (tertiary/aromatic N) is 1. The molecule has 0 saturated carbocycles. The highest BCUT2D eigenvalue weighted by Crippen LogP contribution is 2.20. The van der Waals surface area contributed by atoms with Crippen molar-refractivity contribution in [2.75, 3.05) is 31.6 Å². The molecule has 2 nitrogen and oxygen atoms in total. The topological polar surface area (TPSA) is 15.3 Å². The van der Waals surface area contributed by atoms with Crippen molar-refractivity contribution in [3.63, 3.8) is 0 Å². The third-order valence-electron chi connectivity index (χ3n) is 4.49. The summed E-state index contributed by atoms with van der Waals surface area (Å²) in [5, 5.41) is 3.74. The Morgan fingerprint density at radius 2 is 1.80 bits per heavy atom. The Labute approximate surface area is 131 Å². The number of rotatable bonds is 11. The molecule has 0 aromatic carbocycles. The molecule has 0 amide bonds. The van der Waals surface area contributed by atoms with Crippen molar-refractivity contribution < 1.29 is 0 Å². The standard InChI is InChI=1S/C17H36N2S/c1-4-6-7-8-9-10-11-12-16(18-5-2)17-15-20-14-13-19(17)3/h16-18H,4-15H2,1-3H3. The maximum atomic E-state index is 3.74. The van der Waals surface area contributed by atoms with E-state index in [4.69, 9.17) is 0 Å². The Morgan fingerprint density at radius 3 is 2.45 bits per heavy atom. The van der Waals surface area contributed by atoms with Gasteiger partial charge in [0.05, 0.1) is 0 Å². The Bertz CT molecular complexity index is 223. The maximum Gasteiger partial charge on any atom is 0.0337 e. The first-order valence-corrected chi connectivity index (χ1v) is 9.96. The molecule has 0 spiro atoms. The molecule has 0 bridgehead atoms. The van der Waals surface area contributed by atoms with E-state index >= 15 is 0 Å². The maximum absolute atomic E-state index is 3.74. The minimum atomic E-state index is 0.702. The Hall–Kier alpha value is 0.270. The summed E-state index contributed by atoms with van der Waals surface area (Å²) in [6, 6.07) is 1.45. The van der Waals surface area contributed by atoms with Crippen LogP contribution in [-0.4, -0.2) is 48.6 Å². The van der Waals surface area contributed by atoms with Crippen LogP contribution in [0, 0.1) is 0 Å². The smallest absolute Gasteiger partial charge is 0.0337 e. The van der Waals surface area contributed by atoms with Crippen LogP contribution in [-0.2, 0) is 0 Å². The summed E-state index contributed by atoms with van der Waals surface area (Å²) in [5.74, 6) is 2.62. The third kappa shape index (κ3) is 7.33. The third-order valence-corrected chi connectivity index (χ3v) is 5.54. The van der Waals surface area contributed by atoms with Gasteiger partial charge in [-0.05, 0) is 20.0 Å². The van der Waals surface area contributed by atoms with Crippen molar-refractivity contribution in [2.24, 2.45) is 0 Å². The van der Waals surface area contributed by atoms with Gasteiger partial charge in [0, 0.05) is 30.1 Å². The lowest BCUT2D eigenvalue weighted by molar-refractivity contribution is 0.207. The minimum Gasteiger partial charge on any atom is -0.313 e. The van der Waals surface area contributed by atoms with E-state index in [1.807, 2.05) is 0 Å². The molecule has 1 aliphatic heterocycles. The molecule has 120 valence electrons. The number of hydrogen-bond acceptors (Lipinski definition) is 3. The number of nitrogens with one attached hydrogen (secondary N) is 1. The predicted octanol–water partition coefficient (Wildman–Crippen LogP) is 4.15. The molecule has 0 aliphatic carbocycles. The van der Waals surface area contributed by atoms with Gasteiger partial charge >= 0.3 is 0 Å². The van der Waals surface area contributed by atoms with E-state index in [9.17, 15) is 0 Å². The molecule has 1 N–H and O–H groups in total. The van der Waals surface area contributed by atoms with Gasteiger partial charge in [-0.1, -0.05) is 58.8 Å². The molecule has 1 rings (SSSR count). The van der Waals surface area contributed by atoms with Gasteiger partial charge in [0.25, 0.3) is 0 Å². The van der Waals surface area contributed by atoms with Gasteiger partial charge in [-0.3, -0.25) is 0 Å². The highest BCUT2D eigenvalue weighted by Gasteiger charge is 2.26. The summed E-state index contributed by atoms with van der Waals surface area (Å²) in [4.78, 5) is 2.57. The normalized spacial score (nSPS) is 22.1. The fourth-order valence-corrected chi connectivity index (χ4v) is 4.46. The largest absolute Gasteiger partial charge is 0.313 e. The summed E-state index contributed by atoms with van der Waals surface area (Å²) >= 11 is 2.13. The molecule has 0 radical (unpaired) electrons. The van der Waals surface area contributed by atoms with Gasteiger partial charge in [-0.15, -0.1) is 0 Å². The zero-order chi connectivity index (χ0) is 14.6. The quantitative estimate of drug-likeness (QED) is 0.577. The van der Waals surface area contributed by atoms with Crippen LogP contribution < -0.4 is 5.32 Å². The van der Waals surface area contributed by atoms with E-state index in [1.165, 1.54) is 69.4 Å². The van der Waals surface area contributed by atoms with Crippen LogP contribution in [0.4, 0.5) is 0 Å². The molecule has 0 aromatic rings. The van der Waals surface area contributed by atoms with Crippen LogP contribution in [0.15, 0.2) is 0 Å². The molecule has 0 aromatic heterocycles. The monoisotopic (exact) mass is 300 g/mol. The molecular weight excluding hydrogens is 264 g/mol. The predicted molar refractivity (Wildman–Crippen MR) is 93.8 cm³/mol. The summed E-state index contributed by atoms with van der Waals surface area (Å²) < 4.78 is 0. The molecule has 2 unspecified atom stereocenters. The number of thioether (sulfide) groups is 1. The second-order valence-corrected chi connectivity index (χ2v) is 7.35. The number of unbranched alkanes of at least 4 members (excludes halogenated alkanes) is 6. The van der Waals surface area contributed by atoms with Gasteiger partial charge in [0.1, 0.15) is 0 Å². The first kappa shape index (κ1) is 18.3. The van der Waals surface area contributed by atoms with Gasteiger partial charge in [0.15, 0.2) is 0 Å². The van der Waals surface area contributed by atoms with E-state index < -0.39 is 0 Å². The summed E-state index contributed by atoms with van der Waals surface area (Å²) in [7, 11) is 2.31. The fraction of sp³-hybridized carbons (Fsp3) is 1.00. The van der Waals surface area contributed by atoms with Crippen molar-refractivity contribution in [1.82, 2.24) is 10.2 Å². The lowest BCUT2D eigenvalue weighted by atomic mass is 9.99. The van der Waals surface area contributed by atoms with E-state index in [-0.39, 0.29) is 0 Å². The number of likely N-dealkylation sites (N-methyl/N-ethyl adjacent to an activating group) is 2. The number of hydrogen-bond donors (Lipinski definition) is 1. The molecule has 1 aliphatic rings. The summed E-state index contributed by atoms with van der Waals surface area (Å²) in [5.41, 5.74) is 0. The van der Waals surface area contributed by atoms with Crippen molar-refractivity contribution in [2.45, 2.75) is 77.3 Å². The Morgan fingerprint density at radius 1 is 1.10 bits per heavy atom. The molecule has 3 heteroatoms. The molecule has 20 heavy (non-hydrogen) atoms. The molecular formula is C17H36N2S. The average Bonchev–Trinajstić information content (AvgIpc) is 2.46. The van der Waals surface area contributed by atoms with E-state index in [2.05, 4.69) is 42.9 Å². The Kier molecular flexibility index (Phi) is 10.9. The molecule has 1 fully saturated rings. The Balaban J connectivity index is 2.18. The van der Waals surface area contributed by atoms with Gasteiger partial charge in [-0.25, -0.2) is 0 Å². The van der Waals surface area contributed by atoms with E-state index in [0.29, 0.717) is 6.04 Å². The van der Waals surface area contributed by atoms with E-state index in [0.717, 1.165) is 12.6 Å². The van der Waals surface area contributed by atoms with Gasteiger partial charge in [-0.2, -0.15) is 11.8 Å². The zero-order valence-corrected chi connectivity index (χ0v) is 14.8. The zero-order valence-electron chi connectivity index (χ0n) is 14.0. The van der Waals surface area contributed by atoms with Crippen LogP contribution in [0.5, 0.6) is 0 Å². The van der Waals surface area contributed by atoms with Crippen molar-refractivity contribution in [3.8, 4) is 0 Å². The average molecular weight is 301 g/mol. The van der Waals surface area contributed by atoms with Crippen LogP contribution >= 0.6 is 11.8 Å². The summed E-state index contributed by atoms with van der Waals surface area (Å²) in [6.07, 6.45) is 11.3. The fourth-order valence-electron chi connectivity index (χ4n) is 3.14. The van der Waals surface area contributed by atoms with Crippen molar-refractivity contribution in [3.05, 3.63) is 0 Å². The van der Waals surface area contributed by atoms with Crippen molar-refractivity contribution in [1.29, 1.82) is 0 Å². The van der Waals surface area contributed by atoms with Crippen molar-refractivity contribution >= 4 is 11.8 Å². The highest BCUT2D eigenvalue weighted by molar-refractivity contribution is 7.99. The van der Waals surface area contributed by atoms with Crippen LogP contribution in [0.1, 0.15) is 65.2 Å². The molecule has 1 heterocycles. The second kappa shape index (κ2) is 11.9. The summed E-state index contributed by atoms with van der Waals surface area (Å²) in [6.45, 7) is 6.90. The minimum absolute atomic E-state index is 0.702. The molecule has 2 atom stereocenters. The lowest BCUT2D eigenvalue weighted by Crippen LogP contribution is -2.52. The van der Waals surface area contributed by atoms with E-state index in [1.54, 1.807) is 0 Å². The second-order valence-electron chi connectivity index (χ2n) is 6.20. The SMILES string of the molecule is CCCCCCCCCC(NCC)C1CSCCN1C. The van der Waals surface area contributed by atoms with Crippen LogP contribution in [0.25, 0.3) is 0 Å². The first-order chi connectivity index (χ1) is 9.79. The van der Waals surface area contributed by atoms with Gasteiger partial charge in [0.2, 0.25) is 0 Å². The molecule has 1 saturated heterocycles. The lowest BCUT2D eigenvalue weighted by Gasteiger charge is -2.38. The van der Waals surface area contributed by atoms with Crippen LogP contribution in [0.2, 0.25) is 0 Å². The van der Waals surface area contributed by atoms with Crippen LogP contribution in [0.3, 0.4) is 0 Å². The highest BCUT2D eigenvalue weighted by atomic mass is 32.2. The van der Waals surface area contributed by atoms with Gasteiger partial charge < -0.3 is 10.2 Å². The first-order valence-electron chi connectivity index (χ1n) is 8.81.